The lowest BCUT2D eigenvalue weighted by Gasteiger charge is -2.09. The fourth-order valence-corrected chi connectivity index (χ4v) is 1.29. The van der Waals surface area contributed by atoms with Gasteiger partial charge in [-0.2, -0.15) is 0 Å². The molecule has 1 aliphatic heterocycles. The van der Waals surface area contributed by atoms with Gasteiger partial charge >= 0.3 is 0 Å². The fraction of sp³-hybridized carbons (Fsp3) is 0.778. The Labute approximate surface area is 68.2 Å². The largest absolute Gasteiger partial charge is 0.375 e. The number of rotatable bonds is 4. The SMILES string of the molecule is C=CCOCC1CCC(C)O1. The van der Waals surface area contributed by atoms with Crippen molar-refractivity contribution in [3.05, 3.63) is 12.7 Å². The third kappa shape index (κ3) is 3.04. The molecule has 2 unspecified atom stereocenters. The Morgan fingerprint density at radius 2 is 2.45 bits per heavy atom. The summed E-state index contributed by atoms with van der Waals surface area (Å²) in [6, 6.07) is 0. The van der Waals surface area contributed by atoms with E-state index in [2.05, 4.69) is 13.5 Å². The molecule has 0 aliphatic carbocycles. The smallest absolute Gasteiger partial charge is 0.0813 e. The third-order valence-electron chi connectivity index (χ3n) is 1.86. The van der Waals surface area contributed by atoms with E-state index in [4.69, 9.17) is 9.47 Å². The van der Waals surface area contributed by atoms with Crippen LogP contribution in [0.25, 0.3) is 0 Å². The highest BCUT2D eigenvalue weighted by Crippen LogP contribution is 2.18. The van der Waals surface area contributed by atoms with Gasteiger partial charge < -0.3 is 9.47 Å². The molecule has 0 spiro atoms. The monoisotopic (exact) mass is 156 g/mol. The summed E-state index contributed by atoms with van der Waals surface area (Å²) in [5.41, 5.74) is 0. The van der Waals surface area contributed by atoms with E-state index in [1.807, 2.05) is 0 Å². The average Bonchev–Trinajstić information content (AvgIpc) is 2.37. The van der Waals surface area contributed by atoms with Crippen LogP contribution in [0.3, 0.4) is 0 Å². The molecule has 0 aromatic carbocycles. The molecule has 0 radical (unpaired) electrons. The van der Waals surface area contributed by atoms with Crippen LogP contribution in [0.2, 0.25) is 0 Å². The molecule has 0 saturated carbocycles. The zero-order valence-corrected chi connectivity index (χ0v) is 7.08. The maximum atomic E-state index is 5.55. The zero-order chi connectivity index (χ0) is 8.10. The lowest BCUT2D eigenvalue weighted by atomic mass is 10.2. The predicted octanol–water partition coefficient (Wildman–Crippen LogP) is 1.76. The van der Waals surface area contributed by atoms with Gasteiger partial charge in [-0.1, -0.05) is 6.08 Å². The van der Waals surface area contributed by atoms with Crippen LogP contribution >= 0.6 is 0 Å². The van der Waals surface area contributed by atoms with Crippen LogP contribution in [0.4, 0.5) is 0 Å². The van der Waals surface area contributed by atoms with Crippen molar-refractivity contribution < 1.29 is 9.47 Å². The minimum atomic E-state index is 0.324. The highest BCUT2D eigenvalue weighted by molar-refractivity contribution is 4.71. The molecular weight excluding hydrogens is 140 g/mol. The van der Waals surface area contributed by atoms with E-state index >= 15 is 0 Å². The zero-order valence-electron chi connectivity index (χ0n) is 7.08. The van der Waals surface area contributed by atoms with E-state index in [0.29, 0.717) is 18.8 Å². The minimum Gasteiger partial charge on any atom is -0.375 e. The molecule has 0 amide bonds. The molecule has 0 aromatic rings. The van der Waals surface area contributed by atoms with Crippen molar-refractivity contribution in [2.75, 3.05) is 13.2 Å². The molecule has 1 rings (SSSR count). The van der Waals surface area contributed by atoms with Crippen molar-refractivity contribution in [1.82, 2.24) is 0 Å². The van der Waals surface area contributed by atoms with E-state index < -0.39 is 0 Å². The van der Waals surface area contributed by atoms with Gasteiger partial charge in [0.2, 0.25) is 0 Å². The van der Waals surface area contributed by atoms with Crippen molar-refractivity contribution in [2.24, 2.45) is 0 Å². The molecule has 64 valence electrons. The first kappa shape index (κ1) is 8.75. The fourth-order valence-electron chi connectivity index (χ4n) is 1.29. The van der Waals surface area contributed by atoms with Gasteiger partial charge in [-0.3, -0.25) is 0 Å². The van der Waals surface area contributed by atoms with Gasteiger partial charge in [0.05, 0.1) is 25.4 Å². The van der Waals surface area contributed by atoms with Gasteiger partial charge in [-0.05, 0) is 19.8 Å². The molecule has 2 heteroatoms. The number of hydrogen-bond acceptors (Lipinski definition) is 2. The predicted molar refractivity (Wildman–Crippen MR) is 44.6 cm³/mol. The summed E-state index contributed by atoms with van der Waals surface area (Å²) in [4.78, 5) is 0. The Hall–Kier alpha value is -0.340. The van der Waals surface area contributed by atoms with E-state index in [1.165, 1.54) is 6.42 Å². The standard InChI is InChI=1S/C9H16O2/c1-3-6-10-7-9-5-4-8(2)11-9/h3,8-9H,1,4-7H2,2H3. The molecule has 1 aliphatic rings. The van der Waals surface area contributed by atoms with Gasteiger partial charge in [-0.25, -0.2) is 0 Å². The molecule has 1 saturated heterocycles. The molecule has 1 heterocycles. The van der Waals surface area contributed by atoms with E-state index in [9.17, 15) is 0 Å². The van der Waals surface area contributed by atoms with Gasteiger partial charge in [-0.15, -0.1) is 6.58 Å². The molecule has 1 fully saturated rings. The Bertz CT molecular complexity index is 123. The molecule has 2 nitrogen and oxygen atoms in total. The minimum absolute atomic E-state index is 0.324. The van der Waals surface area contributed by atoms with E-state index in [1.54, 1.807) is 6.08 Å². The van der Waals surface area contributed by atoms with Crippen LogP contribution in [0, 0.1) is 0 Å². The quantitative estimate of drug-likeness (QED) is 0.456. The van der Waals surface area contributed by atoms with E-state index in [-0.39, 0.29) is 0 Å². The van der Waals surface area contributed by atoms with Crippen LogP contribution in [0.15, 0.2) is 12.7 Å². The topological polar surface area (TPSA) is 18.5 Å². The van der Waals surface area contributed by atoms with Crippen LogP contribution < -0.4 is 0 Å². The van der Waals surface area contributed by atoms with Crippen molar-refractivity contribution in [3.8, 4) is 0 Å². The van der Waals surface area contributed by atoms with Crippen LogP contribution in [-0.2, 0) is 9.47 Å². The highest BCUT2D eigenvalue weighted by atomic mass is 16.5. The Balaban J connectivity index is 2.03. The molecule has 0 N–H and O–H groups in total. The molecule has 11 heavy (non-hydrogen) atoms. The number of hydrogen-bond donors (Lipinski definition) is 0. The summed E-state index contributed by atoms with van der Waals surface area (Å²) >= 11 is 0. The van der Waals surface area contributed by atoms with E-state index in [0.717, 1.165) is 13.0 Å². The summed E-state index contributed by atoms with van der Waals surface area (Å²) in [6.45, 7) is 7.03. The van der Waals surface area contributed by atoms with Crippen LogP contribution in [0.5, 0.6) is 0 Å². The van der Waals surface area contributed by atoms with Crippen molar-refractivity contribution in [3.63, 3.8) is 0 Å². The average molecular weight is 156 g/mol. The summed E-state index contributed by atoms with van der Waals surface area (Å²) in [5, 5.41) is 0. The van der Waals surface area contributed by atoms with Crippen molar-refractivity contribution >= 4 is 0 Å². The molecule has 0 aromatic heterocycles. The maximum absolute atomic E-state index is 5.55. The van der Waals surface area contributed by atoms with Gasteiger partial charge in [0.1, 0.15) is 0 Å². The first-order valence-corrected chi connectivity index (χ1v) is 4.17. The summed E-state index contributed by atoms with van der Waals surface area (Å²) in [5.74, 6) is 0. The Morgan fingerprint density at radius 1 is 1.64 bits per heavy atom. The van der Waals surface area contributed by atoms with Crippen molar-refractivity contribution in [1.29, 1.82) is 0 Å². The second-order valence-electron chi connectivity index (χ2n) is 2.97. The number of ether oxygens (including phenoxy) is 2. The highest BCUT2D eigenvalue weighted by Gasteiger charge is 2.21. The van der Waals surface area contributed by atoms with Crippen LogP contribution in [-0.4, -0.2) is 25.4 Å². The summed E-state index contributed by atoms with van der Waals surface area (Å²) in [6.07, 6.45) is 4.82. The lowest BCUT2D eigenvalue weighted by Crippen LogP contribution is -2.15. The normalized spacial score (nSPS) is 30.6. The van der Waals surface area contributed by atoms with Crippen LogP contribution in [0.1, 0.15) is 19.8 Å². The maximum Gasteiger partial charge on any atom is 0.0813 e. The second kappa shape index (κ2) is 4.52. The van der Waals surface area contributed by atoms with Gasteiger partial charge in [0.15, 0.2) is 0 Å². The molecule has 0 bridgehead atoms. The molecular formula is C9H16O2. The Kier molecular flexibility index (Phi) is 3.60. The van der Waals surface area contributed by atoms with Crippen molar-refractivity contribution in [2.45, 2.75) is 32.0 Å². The Morgan fingerprint density at radius 3 is 3.00 bits per heavy atom. The van der Waals surface area contributed by atoms with Gasteiger partial charge in [0.25, 0.3) is 0 Å². The first-order valence-electron chi connectivity index (χ1n) is 4.17. The summed E-state index contributed by atoms with van der Waals surface area (Å²) < 4.78 is 10.8. The molecule has 2 atom stereocenters. The summed E-state index contributed by atoms with van der Waals surface area (Å²) in [7, 11) is 0. The van der Waals surface area contributed by atoms with Gasteiger partial charge in [0, 0.05) is 0 Å². The second-order valence-corrected chi connectivity index (χ2v) is 2.97. The third-order valence-corrected chi connectivity index (χ3v) is 1.86. The first-order chi connectivity index (χ1) is 5.33. The lowest BCUT2D eigenvalue weighted by molar-refractivity contribution is -0.00242.